The number of aliphatic hydroxyl groups is 1. The Labute approximate surface area is 113 Å². The molecule has 1 atom stereocenters. The van der Waals surface area contributed by atoms with Crippen molar-refractivity contribution < 1.29 is 9.50 Å². The van der Waals surface area contributed by atoms with Gasteiger partial charge in [-0.05, 0) is 30.5 Å². The van der Waals surface area contributed by atoms with Gasteiger partial charge in [-0.15, -0.1) is 0 Å². The van der Waals surface area contributed by atoms with Crippen molar-refractivity contribution in [2.45, 2.75) is 32.8 Å². The minimum Gasteiger partial charge on any atom is -0.384 e. The highest BCUT2D eigenvalue weighted by Gasteiger charge is 2.15. The van der Waals surface area contributed by atoms with Crippen LogP contribution in [0.1, 0.15) is 41.7 Å². The standard InChI is InChI=1S/C17H19FO/c1-3-5-13-6-4-7-14(11-13)17(19)15-10-12(2)8-9-16(15)18/h4,6-11,17,19H,3,5H2,1-2H3. The monoisotopic (exact) mass is 258 g/mol. The summed E-state index contributed by atoms with van der Waals surface area (Å²) in [6.45, 7) is 4.01. The maximum absolute atomic E-state index is 13.8. The summed E-state index contributed by atoms with van der Waals surface area (Å²) in [4.78, 5) is 0. The Morgan fingerprint density at radius 2 is 1.95 bits per heavy atom. The lowest BCUT2D eigenvalue weighted by atomic mass is 9.97. The van der Waals surface area contributed by atoms with Crippen molar-refractivity contribution in [3.05, 3.63) is 70.5 Å². The Morgan fingerprint density at radius 1 is 1.16 bits per heavy atom. The maximum Gasteiger partial charge on any atom is 0.129 e. The molecule has 0 aliphatic heterocycles. The molecule has 0 saturated heterocycles. The topological polar surface area (TPSA) is 20.2 Å². The van der Waals surface area contributed by atoms with Gasteiger partial charge in [0, 0.05) is 5.56 Å². The summed E-state index contributed by atoms with van der Waals surface area (Å²) in [5.41, 5.74) is 3.20. The van der Waals surface area contributed by atoms with E-state index < -0.39 is 6.10 Å². The van der Waals surface area contributed by atoms with Gasteiger partial charge < -0.3 is 5.11 Å². The van der Waals surface area contributed by atoms with Gasteiger partial charge >= 0.3 is 0 Å². The van der Waals surface area contributed by atoms with E-state index >= 15 is 0 Å². The molecule has 0 radical (unpaired) electrons. The quantitative estimate of drug-likeness (QED) is 0.872. The zero-order chi connectivity index (χ0) is 13.8. The van der Waals surface area contributed by atoms with E-state index in [0.717, 1.165) is 24.0 Å². The molecule has 1 N–H and O–H groups in total. The van der Waals surface area contributed by atoms with E-state index in [0.29, 0.717) is 5.56 Å². The third kappa shape index (κ3) is 3.21. The summed E-state index contributed by atoms with van der Waals surface area (Å²) in [6, 6.07) is 12.6. The van der Waals surface area contributed by atoms with E-state index in [1.165, 1.54) is 11.6 Å². The normalized spacial score (nSPS) is 12.4. The molecule has 0 bridgehead atoms. The van der Waals surface area contributed by atoms with E-state index in [9.17, 15) is 9.50 Å². The molecular weight excluding hydrogens is 239 g/mol. The van der Waals surface area contributed by atoms with Crippen LogP contribution in [0.3, 0.4) is 0 Å². The zero-order valence-corrected chi connectivity index (χ0v) is 11.4. The van der Waals surface area contributed by atoms with E-state index in [1.54, 1.807) is 12.1 Å². The van der Waals surface area contributed by atoms with Crippen LogP contribution < -0.4 is 0 Å². The van der Waals surface area contributed by atoms with Gasteiger partial charge in [-0.25, -0.2) is 4.39 Å². The second kappa shape index (κ2) is 5.98. The Balaban J connectivity index is 2.35. The summed E-state index contributed by atoms with van der Waals surface area (Å²) in [7, 11) is 0. The van der Waals surface area contributed by atoms with Crippen molar-refractivity contribution in [2.75, 3.05) is 0 Å². The van der Waals surface area contributed by atoms with Gasteiger partial charge in [0.05, 0.1) is 0 Å². The first-order valence-electron chi connectivity index (χ1n) is 6.64. The molecule has 0 spiro atoms. The molecule has 19 heavy (non-hydrogen) atoms. The zero-order valence-electron chi connectivity index (χ0n) is 11.4. The molecule has 1 nitrogen and oxygen atoms in total. The highest BCUT2D eigenvalue weighted by Crippen LogP contribution is 2.26. The third-order valence-electron chi connectivity index (χ3n) is 3.25. The van der Waals surface area contributed by atoms with Crippen molar-refractivity contribution in [3.8, 4) is 0 Å². The molecule has 0 aliphatic carbocycles. The summed E-state index contributed by atoms with van der Waals surface area (Å²) < 4.78 is 13.8. The van der Waals surface area contributed by atoms with E-state index in [4.69, 9.17) is 0 Å². The molecule has 2 aromatic rings. The predicted octanol–water partition coefficient (Wildman–Crippen LogP) is 4.17. The van der Waals surface area contributed by atoms with Crippen LogP contribution in [-0.4, -0.2) is 5.11 Å². The van der Waals surface area contributed by atoms with Crippen LogP contribution in [0, 0.1) is 12.7 Å². The van der Waals surface area contributed by atoms with Gasteiger partial charge in [-0.1, -0.05) is 55.3 Å². The molecular formula is C17H19FO. The predicted molar refractivity (Wildman–Crippen MR) is 75.6 cm³/mol. The molecule has 0 aromatic heterocycles. The smallest absolute Gasteiger partial charge is 0.129 e. The van der Waals surface area contributed by atoms with Gasteiger partial charge in [-0.3, -0.25) is 0 Å². The SMILES string of the molecule is CCCc1cccc(C(O)c2cc(C)ccc2F)c1. The van der Waals surface area contributed by atoms with Crippen LogP contribution in [0.2, 0.25) is 0 Å². The first kappa shape index (κ1) is 13.8. The number of hydrogen-bond acceptors (Lipinski definition) is 1. The summed E-state index contributed by atoms with van der Waals surface area (Å²) >= 11 is 0. The number of benzene rings is 2. The van der Waals surface area contributed by atoms with Crippen molar-refractivity contribution in [2.24, 2.45) is 0 Å². The highest BCUT2D eigenvalue weighted by molar-refractivity contribution is 5.35. The van der Waals surface area contributed by atoms with Gasteiger partial charge in [0.25, 0.3) is 0 Å². The van der Waals surface area contributed by atoms with E-state index in [-0.39, 0.29) is 5.82 Å². The average Bonchev–Trinajstić information content (AvgIpc) is 2.41. The van der Waals surface area contributed by atoms with Crippen LogP contribution in [-0.2, 0) is 6.42 Å². The lowest BCUT2D eigenvalue weighted by molar-refractivity contribution is 0.215. The molecule has 2 aromatic carbocycles. The van der Waals surface area contributed by atoms with Gasteiger partial charge in [0.1, 0.15) is 11.9 Å². The van der Waals surface area contributed by atoms with E-state index in [1.807, 2.05) is 31.2 Å². The second-order valence-electron chi connectivity index (χ2n) is 4.92. The number of halogens is 1. The molecule has 2 heteroatoms. The van der Waals surface area contributed by atoms with Crippen LogP contribution >= 0.6 is 0 Å². The number of aryl methyl sites for hydroxylation is 2. The third-order valence-corrected chi connectivity index (χ3v) is 3.25. The Bertz CT molecular complexity index is 563. The summed E-state index contributed by atoms with van der Waals surface area (Å²) in [5, 5.41) is 10.3. The van der Waals surface area contributed by atoms with Crippen LogP contribution in [0.15, 0.2) is 42.5 Å². The minimum absolute atomic E-state index is 0.341. The van der Waals surface area contributed by atoms with Crippen molar-refractivity contribution >= 4 is 0 Å². The summed E-state index contributed by atoms with van der Waals surface area (Å²) in [5.74, 6) is -0.362. The Hall–Kier alpha value is -1.67. The largest absolute Gasteiger partial charge is 0.384 e. The molecule has 0 saturated carbocycles. The van der Waals surface area contributed by atoms with Crippen LogP contribution in [0.4, 0.5) is 4.39 Å². The first-order chi connectivity index (χ1) is 9.11. The lowest BCUT2D eigenvalue weighted by Crippen LogP contribution is -2.03. The lowest BCUT2D eigenvalue weighted by Gasteiger charge is -2.14. The fraction of sp³-hybridized carbons (Fsp3) is 0.294. The molecule has 0 amide bonds. The number of rotatable bonds is 4. The van der Waals surface area contributed by atoms with Crippen LogP contribution in [0.25, 0.3) is 0 Å². The van der Waals surface area contributed by atoms with Gasteiger partial charge in [-0.2, -0.15) is 0 Å². The van der Waals surface area contributed by atoms with Crippen LogP contribution in [0.5, 0.6) is 0 Å². The van der Waals surface area contributed by atoms with E-state index in [2.05, 4.69) is 6.92 Å². The molecule has 0 aliphatic rings. The van der Waals surface area contributed by atoms with Crippen molar-refractivity contribution in [1.82, 2.24) is 0 Å². The molecule has 1 unspecified atom stereocenters. The molecule has 0 heterocycles. The first-order valence-corrected chi connectivity index (χ1v) is 6.64. The van der Waals surface area contributed by atoms with Crippen molar-refractivity contribution in [1.29, 1.82) is 0 Å². The van der Waals surface area contributed by atoms with Gasteiger partial charge in [0.15, 0.2) is 0 Å². The van der Waals surface area contributed by atoms with Crippen molar-refractivity contribution in [3.63, 3.8) is 0 Å². The number of aliphatic hydroxyl groups excluding tert-OH is 1. The molecule has 2 rings (SSSR count). The minimum atomic E-state index is -0.906. The van der Waals surface area contributed by atoms with Gasteiger partial charge in [0.2, 0.25) is 0 Å². The molecule has 0 fully saturated rings. The summed E-state index contributed by atoms with van der Waals surface area (Å²) in [6.07, 6.45) is 1.12. The fourth-order valence-electron chi connectivity index (χ4n) is 2.26. The second-order valence-corrected chi connectivity index (χ2v) is 4.92. The Kier molecular flexibility index (Phi) is 4.33. The molecule has 100 valence electrons. The average molecular weight is 258 g/mol. The maximum atomic E-state index is 13.8. The highest BCUT2D eigenvalue weighted by atomic mass is 19.1. The Morgan fingerprint density at radius 3 is 2.68 bits per heavy atom. The fourth-order valence-corrected chi connectivity index (χ4v) is 2.26. The number of hydrogen-bond donors (Lipinski definition) is 1.